The SMILES string of the molecule is COc1cccc(C2(C(=O)N(Cc3ccc(-c4noc(C(F)(F)F)n4)cc3)OC)CC2)c1. The zero-order valence-corrected chi connectivity index (χ0v) is 17.3. The zero-order chi connectivity index (χ0) is 22.9. The fraction of sp³-hybridized carbons (Fsp3) is 0.318. The number of carbonyl (C=O) groups is 1. The van der Waals surface area contributed by atoms with Gasteiger partial charge < -0.3 is 9.26 Å². The van der Waals surface area contributed by atoms with Gasteiger partial charge in [0.1, 0.15) is 5.75 Å². The molecule has 1 fully saturated rings. The van der Waals surface area contributed by atoms with Crippen molar-refractivity contribution in [3.63, 3.8) is 0 Å². The number of amides is 1. The normalized spacial score (nSPS) is 14.8. The zero-order valence-electron chi connectivity index (χ0n) is 17.3. The van der Waals surface area contributed by atoms with Gasteiger partial charge in [0.15, 0.2) is 0 Å². The molecular weight excluding hydrogens is 427 g/mol. The number of alkyl halides is 3. The Hall–Kier alpha value is -3.40. The van der Waals surface area contributed by atoms with Gasteiger partial charge in [-0.1, -0.05) is 41.6 Å². The average Bonchev–Trinajstić information content (AvgIpc) is 3.45. The number of hydrogen-bond acceptors (Lipinski definition) is 6. The fourth-order valence-corrected chi connectivity index (χ4v) is 3.51. The van der Waals surface area contributed by atoms with Crippen LogP contribution in [0.1, 0.15) is 29.9 Å². The molecule has 0 aliphatic heterocycles. The molecular formula is C22H20F3N3O4. The van der Waals surface area contributed by atoms with Crippen LogP contribution in [0.2, 0.25) is 0 Å². The Morgan fingerprint density at radius 3 is 2.44 bits per heavy atom. The van der Waals surface area contributed by atoms with Crippen LogP contribution < -0.4 is 4.74 Å². The van der Waals surface area contributed by atoms with E-state index in [0.29, 0.717) is 24.2 Å². The minimum absolute atomic E-state index is 0.162. The summed E-state index contributed by atoms with van der Waals surface area (Å²) in [7, 11) is 3.00. The Morgan fingerprint density at radius 2 is 1.88 bits per heavy atom. The summed E-state index contributed by atoms with van der Waals surface area (Å²) in [5, 5.41) is 4.66. The van der Waals surface area contributed by atoms with Gasteiger partial charge in [-0.2, -0.15) is 18.2 Å². The van der Waals surface area contributed by atoms with Crippen LogP contribution in [0.4, 0.5) is 13.2 Å². The van der Waals surface area contributed by atoms with E-state index in [4.69, 9.17) is 9.57 Å². The van der Waals surface area contributed by atoms with Gasteiger partial charge in [-0.15, -0.1) is 0 Å². The highest BCUT2D eigenvalue weighted by atomic mass is 19.4. The van der Waals surface area contributed by atoms with Crippen LogP contribution in [0.5, 0.6) is 5.75 Å². The van der Waals surface area contributed by atoms with Crippen LogP contribution in [-0.4, -0.2) is 35.3 Å². The highest BCUT2D eigenvalue weighted by molar-refractivity contribution is 5.90. The molecule has 0 bridgehead atoms. The molecule has 1 aromatic heterocycles. The summed E-state index contributed by atoms with van der Waals surface area (Å²) in [6, 6.07) is 13.9. The standard InChI is InChI=1S/C22H20F3N3O4/c1-30-17-5-3-4-16(12-17)21(10-11-21)20(29)28(31-2)13-14-6-8-15(9-7-14)18-26-19(32-27-18)22(23,24)25/h3-9,12H,10-11,13H2,1-2H3. The minimum Gasteiger partial charge on any atom is -0.497 e. The van der Waals surface area contributed by atoms with Gasteiger partial charge in [0.2, 0.25) is 5.82 Å². The third-order valence-corrected chi connectivity index (χ3v) is 5.44. The lowest BCUT2D eigenvalue weighted by Crippen LogP contribution is -2.38. The Bertz CT molecular complexity index is 1110. The van der Waals surface area contributed by atoms with Gasteiger partial charge in [0, 0.05) is 5.56 Å². The molecule has 0 unspecified atom stereocenters. The van der Waals surface area contributed by atoms with Gasteiger partial charge in [0.05, 0.1) is 26.2 Å². The van der Waals surface area contributed by atoms with E-state index in [1.807, 2.05) is 24.3 Å². The van der Waals surface area contributed by atoms with Crippen molar-refractivity contribution >= 4 is 5.91 Å². The molecule has 0 saturated heterocycles. The number of ether oxygens (including phenoxy) is 1. The maximum Gasteiger partial charge on any atom is 0.471 e. The lowest BCUT2D eigenvalue weighted by atomic mass is 9.94. The van der Waals surface area contributed by atoms with Crippen molar-refractivity contribution in [2.75, 3.05) is 14.2 Å². The molecule has 0 radical (unpaired) electrons. The van der Waals surface area contributed by atoms with E-state index in [0.717, 1.165) is 11.1 Å². The first kappa shape index (κ1) is 21.8. The number of methoxy groups -OCH3 is 1. The third kappa shape index (κ3) is 4.18. The van der Waals surface area contributed by atoms with Crippen LogP contribution in [-0.2, 0) is 27.8 Å². The summed E-state index contributed by atoms with van der Waals surface area (Å²) < 4.78 is 47.5. The van der Waals surface area contributed by atoms with Gasteiger partial charge >= 0.3 is 12.1 Å². The van der Waals surface area contributed by atoms with Gasteiger partial charge in [0.25, 0.3) is 5.91 Å². The van der Waals surface area contributed by atoms with Crippen LogP contribution >= 0.6 is 0 Å². The number of nitrogens with zero attached hydrogens (tertiary/aromatic N) is 3. The van der Waals surface area contributed by atoms with Crippen LogP contribution in [0.15, 0.2) is 53.1 Å². The second-order valence-electron chi connectivity index (χ2n) is 7.46. The number of halogens is 3. The van der Waals surface area contributed by atoms with E-state index in [1.165, 1.54) is 12.2 Å². The number of aromatic nitrogens is 2. The number of hydrogen-bond donors (Lipinski definition) is 0. The van der Waals surface area contributed by atoms with Crippen molar-refractivity contribution in [2.45, 2.75) is 31.0 Å². The first-order chi connectivity index (χ1) is 15.3. The van der Waals surface area contributed by atoms with Crippen molar-refractivity contribution in [3.8, 4) is 17.1 Å². The molecule has 3 aromatic rings. The van der Waals surface area contributed by atoms with Crippen LogP contribution in [0.25, 0.3) is 11.4 Å². The number of rotatable bonds is 7. The molecule has 4 rings (SSSR count). The molecule has 10 heteroatoms. The second-order valence-corrected chi connectivity index (χ2v) is 7.46. The number of benzene rings is 2. The first-order valence-electron chi connectivity index (χ1n) is 9.78. The Morgan fingerprint density at radius 1 is 1.16 bits per heavy atom. The van der Waals surface area contributed by atoms with Gasteiger partial charge in [-0.25, -0.2) is 5.06 Å². The topological polar surface area (TPSA) is 77.7 Å². The summed E-state index contributed by atoms with van der Waals surface area (Å²) in [5.41, 5.74) is 1.31. The summed E-state index contributed by atoms with van der Waals surface area (Å²) in [4.78, 5) is 22.0. The second kappa shape index (κ2) is 8.27. The smallest absolute Gasteiger partial charge is 0.471 e. The quantitative estimate of drug-likeness (QED) is 0.500. The molecule has 1 aliphatic carbocycles. The highest BCUT2D eigenvalue weighted by Gasteiger charge is 2.53. The van der Waals surface area contributed by atoms with E-state index < -0.39 is 17.5 Å². The van der Waals surface area contributed by atoms with Crippen molar-refractivity contribution in [2.24, 2.45) is 0 Å². The third-order valence-electron chi connectivity index (χ3n) is 5.44. The number of hydroxylamine groups is 2. The van der Waals surface area contributed by atoms with E-state index in [9.17, 15) is 18.0 Å². The Balaban J connectivity index is 1.49. The predicted octanol–water partition coefficient (Wildman–Crippen LogP) is 4.39. The molecule has 1 heterocycles. The Kier molecular flexibility index (Phi) is 5.64. The predicted molar refractivity (Wildman–Crippen MR) is 106 cm³/mol. The molecule has 0 N–H and O–H groups in total. The molecule has 0 atom stereocenters. The van der Waals surface area contributed by atoms with Crippen LogP contribution in [0, 0.1) is 0 Å². The fourth-order valence-electron chi connectivity index (χ4n) is 3.51. The minimum atomic E-state index is -4.70. The molecule has 1 saturated carbocycles. The van der Waals surface area contributed by atoms with Crippen molar-refractivity contribution in [3.05, 3.63) is 65.5 Å². The number of carbonyl (C=O) groups excluding carboxylic acids is 1. The van der Waals surface area contributed by atoms with Gasteiger partial charge in [-0.05, 0) is 36.1 Å². The molecule has 32 heavy (non-hydrogen) atoms. The molecule has 7 nitrogen and oxygen atoms in total. The summed E-state index contributed by atoms with van der Waals surface area (Å²) in [5.74, 6) is -1.06. The average molecular weight is 447 g/mol. The molecule has 1 aliphatic rings. The molecule has 1 amide bonds. The maximum atomic E-state index is 13.3. The maximum absolute atomic E-state index is 13.3. The molecule has 2 aromatic carbocycles. The summed E-state index contributed by atoms with van der Waals surface area (Å²) in [6.07, 6.45) is -3.29. The van der Waals surface area contributed by atoms with E-state index in [-0.39, 0.29) is 18.3 Å². The lowest BCUT2D eigenvalue weighted by Gasteiger charge is -2.25. The summed E-state index contributed by atoms with van der Waals surface area (Å²) in [6.45, 7) is 0.168. The largest absolute Gasteiger partial charge is 0.497 e. The first-order valence-corrected chi connectivity index (χ1v) is 9.78. The van der Waals surface area contributed by atoms with Crippen molar-refractivity contribution in [1.82, 2.24) is 15.2 Å². The summed E-state index contributed by atoms with van der Waals surface area (Å²) >= 11 is 0. The highest BCUT2D eigenvalue weighted by Crippen LogP contribution is 2.50. The van der Waals surface area contributed by atoms with E-state index in [1.54, 1.807) is 31.4 Å². The van der Waals surface area contributed by atoms with E-state index in [2.05, 4.69) is 14.7 Å². The van der Waals surface area contributed by atoms with Gasteiger partial charge in [-0.3, -0.25) is 9.63 Å². The Labute approximate surface area is 181 Å². The van der Waals surface area contributed by atoms with Crippen LogP contribution in [0.3, 0.4) is 0 Å². The molecule has 168 valence electrons. The monoisotopic (exact) mass is 447 g/mol. The van der Waals surface area contributed by atoms with E-state index >= 15 is 0 Å². The molecule has 0 spiro atoms. The lowest BCUT2D eigenvalue weighted by molar-refractivity contribution is -0.182. The van der Waals surface area contributed by atoms with Crippen molar-refractivity contribution < 1.29 is 32.1 Å². The van der Waals surface area contributed by atoms with Crippen molar-refractivity contribution in [1.29, 1.82) is 0 Å².